The highest BCUT2D eigenvalue weighted by molar-refractivity contribution is 9.10. The van der Waals surface area contributed by atoms with Crippen molar-refractivity contribution in [1.29, 1.82) is 0 Å². The summed E-state index contributed by atoms with van der Waals surface area (Å²) in [7, 11) is -3.75. The quantitative estimate of drug-likeness (QED) is 0.859. The Hall–Kier alpha value is -1.45. The van der Waals surface area contributed by atoms with Crippen LogP contribution in [0.1, 0.15) is 6.42 Å². The Labute approximate surface area is 122 Å². The standard InChI is InChI=1S/C11H10BrN3O4S/c12-6-1-2-9-8(3-6)14-11(19-9)15-5-7(4-10(15)16)20(13,17)18/h1-3,7H,4-5H2,(H2,13,17,18). The molecule has 1 saturated heterocycles. The Morgan fingerprint density at radius 1 is 1.45 bits per heavy atom. The van der Waals surface area contributed by atoms with E-state index in [1.807, 2.05) is 0 Å². The minimum absolute atomic E-state index is 0.0361. The van der Waals surface area contributed by atoms with Gasteiger partial charge < -0.3 is 4.42 Å². The molecule has 0 radical (unpaired) electrons. The summed E-state index contributed by atoms with van der Waals surface area (Å²) in [6.07, 6.45) is -0.152. The summed E-state index contributed by atoms with van der Waals surface area (Å²) in [6, 6.07) is 5.35. The molecule has 1 unspecified atom stereocenters. The normalized spacial score (nSPS) is 20.0. The van der Waals surface area contributed by atoms with Gasteiger partial charge in [-0.3, -0.25) is 9.69 Å². The molecule has 1 aromatic heterocycles. The summed E-state index contributed by atoms with van der Waals surface area (Å²) in [5.74, 6) is -0.366. The number of hydrogen-bond donors (Lipinski definition) is 1. The van der Waals surface area contributed by atoms with Gasteiger partial charge >= 0.3 is 6.01 Å². The zero-order chi connectivity index (χ0) is 14.5. The number of rotatable bonds is 2. The summed E-state index contributed by atoms with van der Waals surface area (Å²) in [5.41, 5.74) is 1.11. The number of carbonyl (C=O) groups excluding carboxylic acids is 1. The second-order valence-electron chi connectivity index (χ2n) is 4.53. The van der Waals surface area contributed by atoms with E-state index in [4.69, 9.17) is 9.56 Å². The van der Waals surface area contributed by atoms with E-state index in [-0.39, 0.29) is 24.9 Å². The van der Waals surface area contributed by atoms with Crippen molar-refractivity contribution in [3.05, 3.63) is 22.7 Å². The van der Waals surface area contributed by atoms with E-state index in [0.717, 1.165) is 4.47 Å². The maximum absolute atomic E-state index is 11.9. The van der Waals surface area contributed by atoms with Crippen LogP contribution < -0.4 is 10.0 Å². The van der Waals surface area contributed by atoms with Gasteiger partial charge in [-0.25, -0.2) is 13.6 Å². The molecule has 7 nitrogen and oxygen atoms in total. The Kier molecular flexibility index (Phi) is 3.07. The highest BCUT2D eigenvalue weighted by atomic mass is 79.9. The summed E-state index contributed by atoms with van der Waals surface area (Å²) in [4.78, 5) is 17.3. The van der Waals surface area contributed by atoms with Crippen molar-refractivity contribution in [2.45, 2.75) is 11.7 Å². The maximum atomic E-state index is 11.9. The molecule has 3 rings (SSSR count). The molecule has 2 N–H and O–H groups in total. The van der Waals surface area contributed by atoms with Crippen molar-refractivity contribution < 1.29 is 17.6 Å². The first-order chi connectivity index (χ1) is 9.34. The molecule has 1 aliphatic rings. The fourth-order valence-electron chi connectivity index (χ4n) is 2.08. The zero-order valence-electron chi connectivity index (χ0n) is 10.1. The molecular formula is C11H10BrN3O4S. The van der Waals surface area contributed by atoms with Crippen LogP contribution in [0.4, 0.5) is 6.01 Å². The van der Waals surface area contributed by atoms with Crippen molar-refractivity contribution in [2.24, 2.45) is 5.14 Å². The first-order valence-electron chi connectivity index (χ1n) is 5.72. The van der Waals surface area contributed by atoms with E-state index in [0.29, 0.717) is 11.1 Å². The van der Waals surface area contributed by atoms with Crippen LogP contribution >= 0.6 is 15.9 Å². The van der Waals surface area contributed by atoms with Crippen LogP contribution in [0, 0.1) is 0 Å². The number of nitrogens with zero attached hydrogens (tertiary/aromatic N) is 2. The molecule has 1 aliphatic heterocycles. The molecular weight excluding hydrogens is 350 g/mol. The first kappa shape index (κ1) is 13.5. The highest BCUT2D eigenvalue weighted by Gasteiger charge is 2.39. The summed E-state index contributed by atoms with van der Waals surface area (Å²) in [6.45, 7) is -0.0361. The van der Waals surface area contributed by atoms with Gasteiger partial charge in [0.2, 0.25) is 15.9 Å². The highest BCUT2D eigenvalue weighted by Crippen LogP contribution is 2.28. The molecule has 2 heterocycles. The average molecular weight is 360 g/mol. The van der Waals surface area contributed by atoms with Gasteiger partial charge in [0.25, 0.3) is 0 Å². The smallest absolute Gasteiger partial charge is 0.305 e. The molecule has 1 atom stereocenters. The maximum Gasteiger partial charge on any atom is 0.305 e. The summed E-state index contributed by atoms with van der Waals surface area (Å²) < 4.78 is 28.9. The van der Waals surface area contributed by atoms with Crippen molar-refractivity contribution in [1.82, 2.24) is 4.98 Å². The van der Waals surface area contributed by atoms with Gasteiger partial charge in [0.05, 0.1) is 0 Å². The van der Waals surface area contributed by atoms with Crippen molar-refractivity contribution in [2.75, 3.05) is 11.4 Å². The predicted molar refractivity (Wildman–Crippen MR) is 75.6 cm³/mol. The number of halogens is 1. The first-order valence-corrected chi connectivity index (χ1v) is 8.13. The molecule has 1 aromatic carbocycles. The molecule has 9 heteroatoms. The minimum atomic E-state index is -3.75. The number of benzene rings is 1. The third-order valence-electron chi connectivity index (χ3n) is 3.12. The van der Waals surface area contributed by atoms with E-state index >= 15 is 0 Å². The summed E-state index contributed by atoms with van der Waals surface area (Å²) in [5, 5.41) is 4.15. The van der Waals surface area contributed by atoms with Crippen molar-refractivity contribution in [3.8, 4) is 0 Å². The van der Waals surface area contributed by atoms with Gasteiger partial charge in [0.15, 0.2) is 5.58 Å². The molecule has 0 aliphatic carbocycles. The Morgan fingerprint density at radius 3 is 2.85 bits per heavy atom. The third-order valence-corrected chi connectivity index (χ3v) is 4.86. The molecule has 0 bridgehead atoms. The van der Waals surface area contributed by atoms with Crippen LogP contribution in [0.3, 0.4) is 0 Å². The monoisotopic (exact) mass is 359 g/mol. The van der Waals surface area contributed by atoms with Crippen molar-refractivity contribution in [3.63, 3.8) is 0 Å². The molecule has 1 fully saturated rings. The Bertz CT molecular complexity index is 801. The number of hydrogen-bond acceptors (Lipinski definition) is 5. The second-order valence-corrected chi connectivity index (χ2v) is 7.29. The van der Waals surface area contributed by atoms with E-state index in [1.54, 1.807) is 18.2 Å². The molecule has 106 valence electrons. The second kappa shape index (κ2) is 4.54. The van der Waals surface area contributed by atoms with Crippen LogP contribution in [0.2, 0.25) is 0 Å². The molecule has 2 aromatic rings. The van der Waals surface area contributed by atoms with Gasteiger partial charge in [-0.1, -0.05) is 15.9 Å². The minimum Gasteiger partial charge on any atom is -0.423 e. The number of primary sulfonamides is 1. The molecule has 0 spiro atoms. The lowest BCUT2D eigenvalue weighted by Crippen LogP contribution is -2.32. The number of carbonyl (C=O) groups is 1. The predicted octanol–water partition coefficient (Wildman–Crippen LogP) is 0.984. The van der Waals surface area contributed by atoms with E-state index in [2.05, 4.69) is 20.9 Å². The Morgan fingerprint density at radius 2 is 2.20 bits per heavy atom. The third kappa shape index (κ3) is 2.32. The fraction of sp³-hybridized carbons (Fsp3) is 0.273. The van der Waals surface area contributed by atoms with E-state index in [9.17, 15) is 13.2 Å². The average Bonchev–Trinajstić information content (AvgIpc) is 2.90. The summed E-state index contributed by atoms with van der Waals surface area (Å²) >= 11 is 3.31. The number of aromatic nitrogens is 1. The lowest BCUT2D eigenvalue weighted by molar-refractivity contribution is -0.117. The largest absolute Gasteiger partial charge is 0.423 e. The van der Waals surface area contributed by atoms with Crippen LogP contribution in [-0.2, 0) is 14.8 Å². The van der Waals surface area contributed by atoms with Gasteiger partial charge in [0.1, 0.15) is 10.8 Å². The number of fused-ring (bicyclic) bond motifs is 1. The number of sulfonamides is 1. The topological polar surface area (TPSA) is 106 Å². The van der Waals surface area contributed by atoms with Crippen LogP contribution in [0.15, 0.2) is 27.1 Å². The number of amides is 1. The molecule has 1 amide bonds. The number of nitrogens with two attached hydrogens (primary N) is 1. The number of anilines is 1. The van der Waals surface area contributed by atoms with Gasteiger partial charge in [-0.05, 0) is 18.2 Å². The zero-order valence-corrected chi connectivity index (χ0v) is 12.5. The van der Waals surface area contributed by atoms with Gasteiger partial charge in [-0.15, -0.1) is 0 Å². The molecule has 0 saturated carbocycles. The van der Waals surface area contributed by atoms with Gasteiger partial charge in [-0.2, -0.15) is 4.98 Å². The van der Waals surface area contributed by atoms with E-state index in [1.165, 1.54) is 4.90 Å². The van der Waals surface area contributed by atoms with Crippen molar-refractivity contribution >= 4 is 49.0 Å². The fourth-order valence-corrected chi connectivity index (χ4v) is 3.16. The van der Waals surface area contributed by atoms with Gasteiger partial charge in [0, 0.05) is 17.4 Å². The molecule has 20 heavy (non-hydrogen) atoms. The van der Waals surface area contributed by atoms with Crippen LogP contribution in [0.25, 0.3) is 11.1 Å². The SMILES string of the molecule is NS(=O)(=O)C1CC(=O)N(c2nc3cc(Br)ccc3o2)C1. The van der Waals surface area contributed by atoms with E-state index < -0.39 is 15.3 Å². The van der Waals surface area contributed by atoms with Crippen LogP contribution in [-0.4, -0.2) is 31.1 Å². The lowest BCUT2D eigenvalue weighted by atomic mass is 10.3. The Balaban J connectivity index is 1.97. The lowest BCUT2D eigenvalue weighted by Gasteiger charge is -2.10. The van der Waals surface area contributed by atoms with Crippen LogP contribution in [0.5, 0.6) is 0 Å². The number of oxazole rings is 1.